The fourth-order valence-corrected chi connectivity index (χ4v) is 1.87. The van der Waals surface area contributed by atoms with Crippen LogP contribution in [0.15, 0.2) is 28.7 Å². The molecule has 1 unspecified atom stereocenters. The Bertz CT molecular complexity index is 493. The number of hydrogen-bond acceptors (Lipinski definition) is 2. The van der Waals surface area contributed by atoms with Crippen molar-refractivity contribution in [3.8, 4) is 0 Å². The summed E-state index contributed by atoms with van der Waals surface area (Å²) in [5.74, 6) is -0.717. The Morgan fingerprint density at radius 1 is 1.31 bits per heavy atom. The highest BCUT2D eigenvalue weighted by Gasteiger charge is 2.27. The topological polar surface area (TPSA) is 39.2 Å². The largest absolute Gasteiger partial charge is 0.460 e. The van der Waals surface area contributed by atoms with Gasteiger partial charge in [0.1, 0.15) is 11.3 Å². The van der Waals surface area contributed by atoms with Gasteiger partial charge in [-0.15, -0.1) is 0 Å². The van der Waals surface area contributed by atoms with Gasteiger partial charge in [0.25, 0.3) is 0 Å². The third-order valence-corrected chi connectivity index (χ3v) is 2.78. The van der Waals surface area contributed by atoms with E-state index < -0.39 is 12.3 Å². The molecule has 86 valence electrons. The first-order chi connectivity index (χ1) is 7.65. The Kier molecular flexibility index (Phi) is 2.92. The zero-order valence-electron chi connectivity index (χ0n) is 8.91. The van der Waals surface area contributed by atoms with E-state index in [0.717, 1.165) is 10.9 Å². The number of fused-ring (bicyclic) bond motifs is 1. The molecule has 1 atom stereocenters. The van der Waals surface area contributed by atoms with Crippen LogP contribution >= 0.6 is 0 Å². The maximum absolute atomic E-state index is 12.8. The van der Waals surface area contributed by atoms with E-state index in [2.05, 4.69) is 0 Å². The van der Waals surface area contributed by atoms with E-state index in [0.29, 0.717) is 11.3 Å². The summed E-state index contributed by atoms with van der Waals surface area (Å²) >= 11 is 0. The summed E-state index contributed by atoms with van der Waals surface area (Å²) < 4.78 is 31.0. The minimum atomic E-state index is -2.50. The lowest BCUT2D eigenvalue weighted by Gasteiger charge is -2.11. The number of furan rings is 1. The van der Waals surface area contributed by atoms with Gasteiger partial charge in [0, 0.05) is 11.9 Å². The summed E-state index contributed by atoms with van der Waals surface area (Å²) in [7, 11) is 0. The van der Waals surface area contributed by atoms with E-state index >= 15 is 0 Å². The highest BCUT2D eigenvalue weighted by atomic mass is 19.3. The molecule has 0 spiro atoms. The lowest BCUT2D eigenvalue weighted by Crippen LogP contribution is -2.19. The molecule has 0 saturated carbocycles. The van der Waals surface area contributed by atoms with Gasteiger partial charge in [-0.3, -0.25) is 0 Å². The third kappa shape index (κ3) is 1.69. The molecule has 2 aromatic rings. The second-order valence-electron chi connectivity index (χ2n) is 3.76. The van der Waals surface area contributed by atoms with Crippen molar-refractivity contribution in [2.24, 2.45) is 5.73 Å². The minimum Gasteiger partial charge on any atom is -0.460 e. The van der Waals surface area contributed by atoms with Crippen LogP contribution in [0.25, 0.3) is 11.0 Å². The third-order valence-electron chi connectivity index (χ3n) is 2.78. The van der Waals surface area contributed by atoms with Crippen molar-refractivity contribution < 1.29 is 13.2 Å². The molecule has 2 rings (SSSR count). The van der Waals surface area contributed by atoms with Gasteiger partial charge in [-0.05, 0) is 18.6 Å². The molecule has 16 heavy (non-hydrogen) atoms. The number of aryl methyl sites for hydroxylation is 1. The van der Waals surface area contributed by atoms with Crippen LogP contribution in [0.2, 0.25) is 0 Å². The van der Waals surface area contributed by atoms with E-state index in [1.165, 1.54) is 0 Å². The molecule has 0 bridgehead atoms. The normalized spacial score (nSPS) is 13.6. The van der Waals surface area contributed by atoms with Gasteiger partial charge >= 0.3 is 0 Å². The summed E-state index contributed by atoms with van der Waals surface area (Å²) in [6.45, 7) is 1.67. The summed E-state index contributed by atoms with van der Waals surface area (Å²) in [6.07, 6.45) is -2.50. The molecular formula is C12H13F2NO. The monoisotopic (exact) mass is 225 g/mol. The Morgan fingerprint density at radius 2 is 2.00 bits per heavy atom. The standard InChI is InChI=1S/C12H13F2NO/c1-7-8-4-2-3-5-10(8)16-11(7)9(6-15)12(13)14/h2-5,9,12H,6,15H2,1H3. The van der Waals surface area contributed by atoms with Crippen molar-refractivity contribution in [2.45, 2.75) is 19.3 Å². The lowest BCUT2D eigenvalue weighted by atomic mass is 10.0. The number of nitrogens with two attached hydrogens (primary N) is 1. The summed E-state index contributed by atoms with van der Waals surface area (Å²) in [5.41, 5.74) is 6.75. The highest BCUT2D eigenvalue weighted by molar-refractivity contribution is 5.82. The maximum Gasteiger partial charge on any atom is 0.249 e. The van der Waals surface area contributed by atoms with Crippen LogP contribution in [0, 0.1) is 6.92 Å². The first-order valence-electron chi connectivity index (χ1n) is 5.11. The molecule has 0 aliphatic rings. The average molecular weight is 225 g/mol. The number of rotatable bonds is 3. The first-order valence-corrected chi connectivity index (χ1v) is 5.11. The van der Waals surface area contributed by atoms with E-state index in [1.807, 2.05) is 18.2 Å². The lowest BCUT2D eigenvalue weighted by molar-refractivity contribution is 0.108. The van der Waals surface area contributed by atoms with Crippen LogP contribution in [0.4, 0.5) is 8.78 Å². The van der Waals surface area contributed by atoms with Gasteiger partial charge in [0.05, 0.1) is 5.92 Å². The second kappa shape index (κ2) is 4.22. The van der Waals surface area contributed by atoms with Crippen LogP contribution < -0.4 is 5.73 Å². The molecule has 1 heterocycles. The summed E-state index contributed by atoms with van der Waals surface area (Å²) in [4.78, 5) is 0. The van der Waals surface area contributed by atoms with Crippen molar-refractivity contribution in [2.75, 3.05) is 6.54 Å². The molecule has 0 radical (unpaired) electrons. The Morgan fingerprint density at radius 3 is 2.56 bits per heavy atom. The number of para-hydroxylation sites is 1. The van der Waals surface area contributed by atoms with Gasteiger partial charge < -0.3 is 10.2 Å². The minimum absolute atomic E-state index is 0.113. The highest BCUT2D eigenvalue weighted by Crippen LogP contribution is 2.32. The fraction of sp³-hybridized carbons (Fsp3) is 0.333. The molecule has 0 fully saturated rings. The Labute approximate surface area is 92.0 Å². The van der Waals surface area contributed by atoms with Crippen LogP contribution in [-0.4, -0.2) is 13.0 Å². The average Bonchev–Trinajstić information content (AvgIpc) is 2.58. The predicted octanol–water partition coefficient (Wildman–Crippen LogP) is 3.05. The molecular weight excluding hydrogens is 212 g/mol. The number of hydrogen-bond donors (Lipinski definition) is 1. The van der Waals surface area contributed by atoms with E-state index in [4.69, 9.17) is 10.2 Å². The van der Waals surface area contributed by atoms with Gasteiger partial charge in [-0.25, -0.2) is 8.78 Å². The zero-order chi connectivity index (χ0) is 11.7. The molecule has 2 nitrogen and oxygen atoms in total. The maximum atomic E-state index is 12.8. The van der Waals surface area contributed by atoms with Crippen molar-refractivity contribution in [1.82, 2.24) is 0 Å². The Hall–Kier alpha value is -1.42. The van der Waals surface area contributed by atoms with Crippen molar-refractivity contribution >= 4 is 11.0 Å². The number of benzene rings is 1. The zero-order valence-corrected chi connectivity index (χ0v) is 8.91. The summed E-state index contributed by atoms with van der Waals surface area (Å²) in [6, 6.07) is 7.30. The first kappa shape index (κ1) is 11.1. The van der Waals surface area contributed by atoms with Crippen LogP contribution in [0.5, 0.6) is 0 Å². The van der Waals surface area contributed by atoms with Crippen molar-refractivity contribution in [3.63, 3.8) is 0 Å². The van der Waals surface area contributed by atoms with Crippen molar-refractivity contribution in [1.29, 1.82) is 0 Å². The fourth-order valence-electron chi connectivity index (χ4n) is 1.87. The predicted molar refractivity (Wildman–Crippen MR) is 58.8 cm³/mol. The second-order valence-corrected chi connectivity index (χ2v) is 3.76. The van der Waals surface area contributed by atoms with Gasteiger partial charge in [0.2, 0.25) is 6.43 Å². The van der Waals surface area contributed by atoms with E-state index in [9.17, 15) is 8.78 Å². The van der Waals surface area contributed by atoms with Gasteiger partial charge in [-0.1, -0.05) is 18.2 Å². The molecule has 0 amide bonds. The van der Waals surface area contributed by atoms with Gasteiger partial charge in [-0.2, -0.15) is 0 Å². The number of halogens is 2. The van der Waals surface area contributed by atoms with Crippen LogP contribution in [0.3, 0.4) is 0 Å². The van der Waals surface area contributed by atoms with Crippen LogP contribution in [0.1, 0.15) is 17.2 Å². The Balaban J connectivity index is 2.56. The SMILES string of the molecule is Cc1c(C(CN)C(F)F)oc2ccccc12. The van der Waals surface area contributed by atoms with Crippen molar-refractivity contribution in [3.05, 3.63) is 35.6 Å². The van der Waals surface area contributed by atoms with Crippen LogP contribution in [-0.2, 0) is 0 Å². The van der Waals surface area contributed by atoms with E-state index in [1.54, 1.807) is 13.0 Å². The summed E-state index contributed by atoms with van der Waals surface area (Å²) in [5, 5.41) is 0.872. The molecule has 4 heteroatoms. The molecule has 1 aromatic carbocycles. The smallest absolute Gasteiger partial charge is 0.249 e. The molecule has 1 aromatic heterocycles. The quantitative estimate of drug-likeness (QED) is 0.871. The molecule has 0 saturated heterocycles. The van der Waals surface area contributed by atoms with Gasteiger partial charge in [0.15, 0.2) is 0 Å². The molecule has 0 aliphatic carbocycles. The van der Waals surface area contributed by atoms with E-state index in [-0.39, 0.29) is 6.54 Å². The number of alkyl halides is 2. The molecule has 2 N–H and O–H groups in total. The molecule has 0 aliphatic heterocycles.